The van der Waals surface area contributed by atoms with E-state index in [0.29, 0.717) is 19.6 Å². The summed E-state index contributed by atoms with van der Waals surface area (Å²) in [6, 6.07) is 0. The van der Waals surface area contributed by atoms with Crippen LogP contribution in [0.15, 0.2) is 0 Å². The summed E-state index contributed by atoms with van der Waals surface area (Å²) < 4.78 is 0. The molecule has 0 atom stereocenters. The number of nitrogens with two attached hydrogens (primary N) is 1. The summed E-state index contributed by atoms with van der Waals surface area (Å²) in [6.45, 7) is 6.91. The largest absolute Gasteiger partial charge is 0.344 e. The van der Waals surface area contributed by atoms with Gasteiger partial charge in [-0.2, -0.15) is 0 Å². The Hall–Kier alpha value is -0.610. The highest BCUT2D eigenvalue weighted by Crippen LogP contribution is 2.27. The van der Waals surface area contributed by atoms with Crippen LogP contribution in [0.5, 0.6) is 0 Å². The van der Waals surface area contributed by atoms with Crippen LogP contribution in [0.25, 0.3) is 0 Å². The molecule has 0 radical (unpaired) electrons. The third kappa shape index (κ3) is 4.94. The fraction of sp³-hybridized carbons (Fsp3) is 0.917. The summed E-state index contributed by atoms with van der Waals surface area (Å²) in [5, 5.41) is 3.21. The second kappa shape index (κ2) is 5.64. The van der Waals surface area contributed by atoms with Crippen molar-refractivity contribution in [2.24, 2.45) is 17.1 Å². The van der Waals surface area contributed by atoms with E-state index in [0.717, 1.165) is 12.5 Å². The molecule has 0 aliphatic heterocycles. The summed E-state index contributed by atoms with van der Waals surface area (Å²) in [6.07, 6.45) is 2.63. The summed E-state index contributed by atoms with van der Waals surface area (Å²) in [5.74, 6) is 0.973. The quantitative estimate of drug-likeness (QED) is 0.663. The SMILES string of the molecule is CN(CC(C)(C)CN)C(=O)CNCC1CC1. The molecule has 0 aromatic carbocycles. The first-order valence-corrected chi connectivity index (χ1v) is 6.09. The van der Waals surface area contributed by atoms with E-state index in [1.165, 1.54) is 12.8 Å². The Morgan fingerprint density at radius 3 is 2.62 bits per heavy atom. The van der Waals surface area contributed by atoms with Gasteiger partial charge in [-0.15, -0.1) is 0 Å². The van der Waals surface area contributed by atoms with E-state index in [1.54, 1.807) is 4.90 Å². The lowest BCUT2D eigenvalue weighted by Gasteiger charge is -2.29. The van der Waals surface area contributed by atoms with E-state index < -0.39 is 0 Å². The first-order valence-electron chi connectivity index (χ1n) is 6.09. The molecule has 0 spiro atoms. The molecule has 1 saturated carbocycles. The number of hydrogen-bond acceptors (Lipinski definition) is 3. The third-order valence-corrected chi connectivity index (χ3v) is 3.05. The Kier molecular flexibility index (Phi) is 4.74. The predicted molar refractivity (Wildman–Crippen MR) is 66.1 cm³/mol. The molecule has 3 N–H and O–H groups in total. The molecule has 4 nitrogen and oxygen atoms in total. The predicted octanol–water partition coefficient (Wildman–Crippen LogP) is 0.429. The molecule has 1 aliphatic carbocycles. The van der Waals surface area contributed by atoms with Crippen LogP contribution in [0.3, 0.4) is 0 Å². The number of likely N-dealkylation sites (N-methyl/N-ethyl adjacent to an activating group) is 1. The summed E-state index contributed by atoms with van der Waals surface area (Å²) >= 11 is 0. The lowest BCUT2D eigenvalue weighted by atomic mass is 9.93. The zero-order chi connectivity index (χ0) is 12.2. The van der Waals surface area contributed by atoms with Gasteiger partial charge >= 0.3 is 0 Å². The monoisotopic (exact) mass is 227 g/mol. The first kappa shape index (κ1) is 13.5. The summed E-state index contributed by atoms with van der Waals surface area (Å²) in [5.41, 5.74) is 5.65. The van der Waals surface area contributed by atoms with Crippen LogP contribution in [0.2, 0.25) is 0 Å². The normalized spacial score (nSPS) is 16.2. The van der Waals surface area contributed by atoms with Crippen LogP contribution in [-0.4, -0.2) is 44.0 Å². The molecular weight excluding hydrogens is 202 g/mol. The second-order valence-electron chi connectivity index (χ2n) is 5.69. The molecule has 94 valence electrons. The lowest BCUT2D eigenvalue weighted by molar-refractivity contribution is -0.130. The number of rotatable bonds is 7. The van der Waals surface area contributed by atoms with Crippen molar-refractivity contribution in [3.8, 4) is 0 Å². The van der Waals surface area contributed by atoms with Gasteiger partial charge in [-0.05, 0) is 37.3 Å². The van der Waals surface area contributed by atoms with E-state index >= 15 is 0 Å². The third-order valence-electron chi connectivity index (χ3n) is 3.05. The van der Waals surface area contributed by atoms with Crippen LogP contribution in [-0.2, 0) is 4.79 Å². The topological polar surface area (TPSA) is 58.4 Å². The van der Waals surface area contributed by atoms with Gasteiger partial charge in [0.1, 0.15) is 0 Å². The average Bonchev–Trinajstić information content (AvgIpc) is 3.01. The molecule has 0 heterocycles. The fourth-order valence-corrected chi connectivity index (χ4v) is 1.63. The number of amides is 1. The molecule has 1 aliphatic rings. The number of nitrogens with zero attached hydrogens (tertiary/aromatic N) is 1. The van der Waals surface area contributed by atoms with Gasteiger partial charge in [0.05, 0.1) is 6.54 Å². The van der Waals surface area contributed by atoms with Crippen LogP contribution in [0.4, 0.5) is 0 Å². The highest BCUT2D eigenvalue weighted by atomic mass is 16.2. The van der Waals surface area contributed by atoms with Crippen LogP contribution in [0, 0.1) is 11.3 Å². The minimum atomic E-state index is 0.000895. The molecule has 0 aromatic heterocycles. The Morgan fingerprint density at radius 2 is 2.12 bits per heavy atom. The van der Waals surface area contributed by atoms with Crippen molar-refractivity contribution in [1.29, 1.82) is 0 Å². The molecule has 0 bridgehead atoms. The van der Waals surface area contributed by atoms with Crippen molar-refractivity contribution in [3.05, 3.63) is 0 Å². The lowest BCUT2D eigenvalue weighted by Crippen LogP contribution is -2.43. The number of hydrogen-bond donors (Lipinski definition) is 2. The standard InChI is InChI=1S/C12H25N3O/c1-12(2,8-13)9-15(3)11(16)7-14-6-10-4-5-10/h10,14H,4-9,13H2,1-3H3. The smallest absolute Gasteiger partial charge is 0.236 e. The summed E-state index contributed by atoms with van der Waals surface area (Å²) in [7, 11) is 1.85. The molecular formula is C12H25N3O. The first-order chi connectivity index (χ1) is 7.44. The van der Waals surface area contributed by atoms with Crippen molar-refractivity contribution in [3.63, 3.8) is 0 Å². The van der Waals surface area contributed by atoms with Crippen molar-refractivity contribution < 1.29 is 4.79 Å². The molecule has 0 aromatic rings. The van der Waals surface area contributed by atoms with Gasteiger partial charge in [-0.3, -0.25) is 4.79 Å². The van der Waals surface area contributed by atoms with Gasteiger partial charge in [0.2, 0.25) is 5.91 Å². The number of nitrogens with one attached hydrogen (secondary N) is 1. The van der Waals surface area contributed by atoms with E-state index in [-0.39, 0.29) is 11.3 Å². The molecule has 0 unspecified atom stereocenters. The van der Waals surface area contributed by atoms with E-state index in [4.69, 9.17) is 5.73 Å². The highest BCUT2D eigenvalue weighted by Gasteiger charge is 2.23. The molecule has 1 amide bonds. The number of carbonyl (C=O) groups is 1. The molecule has 0 saturated heterocycles. The Balaban J connectivity index is 2.18. The minimum Gasteiger partial charge on any atom is -0.344 e. The maximum atomic E-state index is 11.8. The van der Waals surface area contributed by atoms with Gasteiger partial charge < -0.3 is 16.0 Å². The van der Waals surface area contributed by atoms with Gasteiger partial charge in [0, 0.05) is 13.6 Å². The number of carbonyl (C=O) groups excluding carboxylic acids is 1. The average molecular weight is 227 g/mol. The van der Waals surface area contributed by atoms with Crippen molar-refractivity contribution >= 4 is 5.91 Å². The Bertz CT molecular complexity index is 236. The van der Waals surface area contributed by atoms with Crippen molar-refractivity contribution in [2.75, 3.05) is 33.2 Å². The molecule has 1 rings (SSSR count). The second-order valence-corrected chi connectivity index (χ2v) is 5.69. The zero-order valence-corrected chi connectivity index (χ0v) is 10.8. The van der Waals surface area contributed by atoms with Crippen LogP contribution in [0.1, 0.15) is 26.7 Å². The van der Waals surface area contributed by atoms with E-state index in [1.807, 2.05) is 7.05 Å². The zero-order valence-electron chi connectivity index (χ0n) is 10.8. The maximum absolute atomic E-state index is 11.8. The molecule has 16 heavy (non-hydrogen) atoms. The van der Waals surface area contributed by atoms with Crippen molar-refractivity contribution in [1.82, 2.24) is 10.2 Å². The Morgan fingerprint density at radius 1 is 1.50 bits per heavy atom. The molecule has 4 heteroatoms. The van der Waals surface area contributed by atoms with Crippen molar-refractivity contribution in [2.45, 2.75) is 26.7 Å². The van der Waals surface area contributed by atoms with Gasteiger partial charge in [-0.25, -0.2) is 0 Å². The van der Waals surface area contributed by atoms with Gasteiger partial charge in [0.25, 0.3) is 0 Å². The van der Waals surface area contributed by atoms with Crippen LogP contribution < -0.4 is 11.1 Å². The Labute approximate surface area is 98.6 Å². The van der Waals surface area contributed by atoms with E-state index in [2.05, 4.69) is 19.2 Å². The van der Waals surface area contributed by atoms with Gasteiger partial charge in [0.15, 0.2) is 0 Å². The molecule has 1 fully saturated rings. The van der Waals surface area contributed by atoms with E-state index in [9.17, 15) is 4.79 Å². The summed E-state index contributed by atoms with van der Waals surface area (Å²) in [4.78, 5) is 13.5. The maximum Gasteiger partial charge on any atom is 0.236 e. The van der Waals surface area contributed by atoms with Gasteiger partial charge in [-0.1, -0.05) is 13.8 Å². The highest BCUT2D eigenvalue weighted by molar-refractivity contribution is 5.78. The van der Waals surface area contributed by atoms with Crippen LogP contribution >= 0.6 is 0 Å². The fourth-order valence-electron chi connectivity index (χ4n) is 1.63. The minimum absolute atomic E-state index is 0.000895.